The SMILES string of the molecule is Cc1[nH]c(=O)[nH]c(=O)c1S(=O)(=O)N1CCN(c2ccc(F)cc2)CC1. The van der Waals surface area contributed by atoms with Crippen LogP contribution in [0.15, 0.2) is 38.8 Å². The van der Waals surface area contributed by atoms with Crippen LogP contribution in [0.2, 0.25) is 0 Å². The number of hydrogen-bond acceptors (Lipinski definition) is 5. The van der Waals surface area contributed by atoms with Crippen LogP contribution in [0.5, 0.6) is 0 Å². The van der Waals surface area contributed by atoms with Gasteiger partial charge in [-0.3, -0.25) is 9.78 Å². The highest BCUT2D eigenvalue weighted by Crippen LogP contribution is 2.20. The average molecular weight is 368 g/mol. The van der Waals surface area contributed by atoms with E-state index in [2.05, 4.69) is 4.98 Å². The maximum atomic E-state index is 13.0. The summed E-state index contributed by atoms with van der Waals surface area (Å²) in [6.45, 7) is 2.55. The van der Waals surface area contributed by atoms with Crippen LogP contribution >= 0.6 is 0 Å². The molecule has 134 valence electrons. The maximum Gasteiger partial charge on any atom is 0.325 e. The second-order valence-electron chi connectivity index (χ2n) is 5.73. The molecule has 3 rings (SSSR count). The number of halogens is 1. The van der Waals surface area contributed by atoms with Crippen LogP contribution in [0, 0.1) is 12.7 Å². The number of piperazine rings is 1. The lowest BCUT2D eigenvalue weighted by molar-refractivity contribution is 0.384. The molecule has 8 nitrogen and oxygen atoms in total. The fraction of sp³-hybridized carbons (Fsp3) is 0.333. The molecule has 1 aromatic heterocycles. The third-order valence-corrected chi connectivity index (χ3v) is 6.16. The Kier molecular flexibility index (Phi) is 4.48. The first-order chi connectivity index (χ1) is 11.8. The number of H-pyrrole nitrogens is 2. The summed E-state index contributed by atoms with van der Waals surface area (Å²) in [5.41, 5.74) is -0.865. The maximum absolute atomic E-state index is 13.0. The second-order valence-corrected chi connectivity index (χ2v) is 7.60. The number of anilines is 1. The molecular formula is C15H17FN4O4S. The minimum atomic E-state index is -4.02. The van der Waals surface area contributed by atoms with Gasteiger partial charge in [0.2, 0.25) is 10.0 Å². The van der Waals surface area contributed by atoms with Gasteiger partial charge in [0.1, 0.15) is 5.82 Å². The Labute approximate surface area is 143 Å². The summed E-state index contributed by atoms with van der Waals surface area (Å²) in [6.07, 6.45) is 0. The van der Waals surface area contributed by atoms with Crippen molar-refractivity contribution < 1.29 is 12.8 Å². The van der Waals surface area contributed by atoms with Gasteiger partial charge in [0, 0.05) is 37.6 Å². The number of rotatable bonds is 3. The predicted octanol–water partition coefficient (Wildman–Crippen LogP) is 0.0216. The Balaban J connectivity index is 1.81. The molecular weight excluding hydrogens is 351 g/mol. The number of nitrogens with zero attached hydrogens (tertiary/aromatic N) is 2. The van der Waals surface area contributed by atoms with Crippen LogP contribution in [0.1, 0.15) is 5.69 Å². The van der Waals surface area contributed by atoms with Gasteiger partial charge in [-0.2, -0.15) is 4.31 Å². The minimum Gasteiger partial charge on any atom is -0.369 e. The van der Waals surface area contributed by atoms with Gasteiger partial charge in [0.25, 0.3) is 5.56 Å². The van der Waals surface area contributed by atoms with Crippen molar-refractivity contribution in [2.75, 3.05) is 31.1 Å². The molecule has 1 aromatic carbocycles. The number of hydrogen-bond donors (Lipinski definition) is 2. The molecule has 25 heavy (non-hydrogen) atoms. The van der Waals surface area contributed by atoms with E-state index in [1.165, 1.54) is 23.4 Å². The summed E-state index contributed by atoms with van der Waals surface area (Å²) in [4.78, 5) is 28.9. The van der Waals surface area contributed by atoms with Crippen molar-refractivity contribution in [1.29, 1.82) is 0 Å². The number of nitrogens with one attached hydrogen (secondary N) is 2. The molecule has 0 bridgehead atoms. The minimum absolute atomic E-state index is 0.00899. The third kappa shape index (κ3) is 3.35. The fourth-order valence-corrected chi connectivity index (χ4v) is 4.49. The van der Waals surface area contributed by atoms with Crippen LogP contribution < -0.4 is 16.1 Å². The summed E-state index contributed by atoms with van der Waals surface area (Å²) in [7, 11) is -4.02. The zero-order valence-electron chi connectivity index (χ0n) is 13.5. The Morgan fingerprint density at radius 3 is 2.16 bits per heavy atom. The van der Waals surface area contributed by atoms with Crippen molar-refractivity contribution in [3.8, 4) is 0 Å². The van der Waals surface area contributed by atoms with Gasteiger partial charge in [-0.1, -0.05) is 0 Å². The Morgan fingerprint density at radius 2 is 1.60 bits per heavy atom. The van der Waals surface area contributed by atoms with Gasteiger partial charge in [-0.15, -0.1) is 0 Å². The van der Waals surface area contributed by atoms with Crippen molar-refractivity contribution in [3.05, 3.63) is 56.6 Å². The van der Waals surface area contributed by atoms with Crippen molar-refractivity contribution in [3.63, 3.8) is 0 Å². The molecule has 1 fully saturated rings. The number of aromatic nitrogens is 2. The largest absolute Gasteiger partial charge is 0.369 e. The van der Waals surface area contributed by atoms with Gasteiger partial charge < -0.3 is 9.88 Å². The molecule has 1 aliphatic heterocycles. The molecule has 0 saturated carbocycles. The summed E-state index contributed by atoms with van der Waals surface area (Å²) in [5.74, 6) is -0.335. The van der Waals surface area contributed by atoms with Crippen LogP contribution in [0.3, 0.4) is 0 Å². The van der Waals surface area contributed by atoms with E-state index in [9.17, 15) is 22.4 Å². The topological polar surface area (TPSA) is 106 Å². The van der Waals surface area contributed by atoms with E-state index >= 15 is 0 Å². The normalized spacial score (nSPS) is 16.2. The highest BCUT2D eigenvalue weighted by Gasteiger charge is 2.32. The van der Waals surface area contributed by atoms with Crippen LogP contribution in [0.25, 0.3) is 0 Å². The third-order valence-electron chi connectivity index (χ3n) is 4.10. The van der Waals surface area contributed by atoms with E-state index in [0.29, 0.717) is 13.1 Å². The molecule has 2 aromatic rings. The summed E-state index contributed by atoms with van der Waals surface area (Å²) in [6, 6.07) is 5.97. The first-order valence-electron chi connectivity index (χ1n) is 7.63. The zero-order chi connectivity index (χ0) is 18.2. The molecule has 10 heteroatoms. The summed E-state index contributed by atoms with van der Waals surface area (Å²) in [5, 5.41) is 0. The molecule has 2 heterocycles. The lowest BCUT2D eigenvalue weighted by Crippen LogP contribution is -2.50. The number of benzene rings is 1. The number of aromatic amines is 2. The van der Waals surface area contributed by atoms with Crippen LogP contribution in [-0.4, -0.2) is 48.9 Å². The Morgan fingerprint density at radius 1 is 1.00 bits per heavy atom. The lowest BCUT2D eigenvalue weighted by Gasteiger charge is -2.35. The Bertz CT molecular complexity index is 989. The summed E-state index contributed by atoms with van der Waals surface area (Å²) < 4.78 is 39.7. The van der Waals surface area contributed by atoms with Gasteiger partial charge >= 0.3 is 5.69 Å². The van der Waals surface area contributed by atoms with Gasteiger partial charge in [-0.05, 0) is 31.2 Å². The lowest BCUT2D eigenvalue weighted by atomic mass is 10.2. The highest BCUT2D eigenvalue weighted by molar-refractivity contribution is 7.89. The highest BCUT2D eigenvalue weighted by atomic mass is 32.2. The van der Waals surface area contributed by atoms with Crippen molar-refractivity contribution in [2.24, 2.45) is 0 Å². The first kappa shape index (κ1) is 17.4. The molecule has 0 unspecified atom stereocenters. The predicted molar refractivity (Wildman–Crippen MR) is 89.8 cm³/mol. The first-order valence-corrected chi connectivity index (χ1v) is 9.07. The molecule has 1 aliphatic rings. The van der Waals surface area contributed by atoms with Crippen LogP contribution in [-0.2, 0) is 10.0 Å². The molecule has 2 N–H and O–H groups in total. The van der Waals surface area contributed by atoms with Gasteiger partial charge in [-0.25, -0.2) is 17.6 Å². The van der Waals surface area contributed by atoms with E-state index in [-0.39, 0.29) is 24.6 Å². The Hall–Kier alpha value is -2.46. The molecule has 1 saturated heterocycles. The zero-order valence-corrected chi connectivity index (χ0v) is 14.3. The standard InChI is InChI=1S/C15H17FN4O4S/c1-10-13(14(21)18-15(22)17-10)25(23,24)20-8-6-19(7-9-20)12-4-2-11(16)3-5-12/h2-5H,6-9H2,1H3,(H2,17,18,21,22). The average Bonchev–Trinajstić information content (AvgIpc) is 2.54. The second kappa shape index (κ2) is 6.45. The van der Waals surface area contributed by atoms with Crippen molar-refractivity contribution >= 4 is 15.7 Å². The summed E-state index contributed by atoms with van der Waals surface area (Å²) >= 11 is 0. The van der Waals surface area contributed by atoms with E-state index in [1.807, 2.05) is 9.88 Å². The van der Waals surface area contributed by atoms with Gasteiger partial charge in [0.15, 0.2) is 4.90 Å². The molecule has 0 spiro atoms. The number of sulfonamides is 1. The monoisotopic (exact) mass is 368 g/mol. The van der Waals surface area contributed by atoms with Gasteiger partial charge in [0.05, 0.1) is 0 Å². The van der Waals surface area contributed by atoms with E-state index in [1.54, 1.807) is 12.1 Å². The quantitative estimate of drug-likeness (QED) is 0.795. The van der Waals surface area contributed by atoms with E-state index in [0.717, 1.165) is 5.69 Å². The molecule has 0 radical (unpaired) electrons. The van der Waals surface area contributed by atoms with Crippen LogP contribution in [0.4, 0.5) is 10.1 Å². The van der Waals surface area contributed by atoms with Crippen molar-refractivity contribution in [1.82, 2.24) is 14.3 Å². The van der Waals surface area contributed by atoms with Crippen molar-refractivity contribution in [2.45, 2.75) is 11.8 Å². The fourth-order valence-electron chi connectivity index (χ4n) is 2.87. The molecule has 0 atom stereocenters. The number of aryl methyl sites for hydroxylation is 1. The smallest absolute Gasteiger partial charge is 0.325 e. The van der Waals surface area contributed by atoms with E-state index < -0.39 is 26.2 Å². The molecule has 0 aliphatic carbocycles. The van der Waals surface area contributed by atoms with E-state index in [4.69, 9.17) is 0 Å². The molecule has 0 amide bonds.